The molecule has 4 heteroatoms. The summed E-state index contributed by atoms with van der Waals surface area (Å²) in [5.74, 6) is 0. The lowest BCUT2D eigenvalue weighted by Crippen LogP contribution is -1.96. The minimum Gasteiger partial charge on any atom is -0.468 e. The predicted molar refractivity (Wildman–Crippen MR) is 33.3 cm³/mol. The minimum atomic E-state index is 0.395. The number of ether oxygens (including phenoxy) is 2. The van der Waals surface area contributed by atoms with Gasteiger partial charge in [0.25, 0.3) is 12.9 Å². The van der Waals surface area contributed by atoms with Gasteiger partial charge in [0.05, 0.1) is 13.2 Å². The van der Waals surface area contributed by atoms with Crippen molar-refractivity contribution in [2.45, 2.75) is 12.8 Å². The molecule has 0 fully saturated rings. The summed E-state index contributed by atoms with van der Waals surface area (Å²) in [5, 5.41) is 0. The molecule has 0 saturated carbocycles. The summed E-state index contributed by atoms with van der Waals surface area (Å²) in [4.78, 5) is 19.2. The van der Waals surface area contributed by atoms with Crippen LogP contribution < -0.4 is 0 Å². The first-order chi connectivity index (χ1) is 4.91. The van der Waals surface area contributed by atoms with Crippen LogP contribution in [0.1, 0.15) is 12.8 Å². The molecule has 0 bridgehead atoms. The Labute approximate surface area is 59.1 Å². The highest BCUT2D eigenvalue weighted by Crippen LogP contribution is 1.88. The maximum Gasteiger partial charge on any atom is 0.293 e. The molecule has 0 unspecified atom stereocenters. The maximum atomic E-state index is 9.58. The molecule has 58 valence electrons. The van der Waals surface area contributed by atoms with Crippen molar-refractivity contribution in [3.8, 4) is 0 Å². The minimum absolute atomic E-state index is 0.395. The van der Waals surface area contributed by atoms with E-state index in [9.17, 15) is 9.59 Å². The molecule has 0 amide bonds. The van der Waals surface area contributed by atoms with Gasteiger partial charge in [-0.2, -0.15) is 0 Å². The Bertz CT molecular complexity index is 79.7. The molecule has 0 atom stereocenters. The van der Waals surface area contributed by atoms with Gasteiger partial charge in [0.15, 0.2) is 0 Å². The summed E-state index contributed by atoms with van der Waals surface area (Å²) in [5.41, 5.74) is 0. The molecule has 0 spiro atoms. The highest BCUT2D eigenvalue weighted by atomic mass is 16.5. The molecule has 0 saturated heterocycles. The van der Waals surface area contributed by atoms with E-state index in [-0.39, 0.29) is 0 Å². The van der Waals surface area contributed by atoms with Crippen LogP contribution in [-0.2, 0) is 19.1 Å². The van der Waals surface area contributed by atoms with Gasteiger partial charge in [0.1, 0.15) is 0 Å². The fourth-order valence-electron chi connectivity index (χ4n) is 0.467. The van der Waals surface area contributed by atoms with Crippen LogP contribution in [0, 0.1) is 0 Å². The third kappa shape index (κ3) is 6.94. The molecule has 0 aromatic carbocycles. The smallest absolute Gasteiger partial charge is 0.293 e. The Kier molecular flexibility index (Phi) is 7.10. The molecule has 0 aliphatic rings. The lowest BCUT2D eigenvalue weighted by atomic mass is 10.3. The van der Waals surface area contributed by atoms with Crippen molar-refractivity contribution in [2.75, 3.05) is 13.2 Å². The van der Waals surface area contributed by atoms with E-state index >= 15 is 0 Å². The van der Waals surface area contributed by atoms with E-state index in [0.717, 1.165) is 12.8 Å². The fraction of sp³-hybridized carbons (Fsp3) is 0.667. The van der Waals surface area contributed by atoms with E-state index in [1.807, 2.05) is 0 Å². The van der Waals surface area contributed by atoms with E-state index in [0.29, 0.717) is 26.2 Å². The summed E-state index contributed by atoms with van der Waals surface area (Å²) < 4.78 is 8.78. The maximum absolute atomic E-state index is 9.58. The summed E-state index contributed by atoms with van der Waals surface area (Å²) >= 11 is 0. The zero-order valence-corrected chi connectivity index (χ0v) is 5.62. The summed E-state index contributed by atoms with van der Waals surface area (Å²) in [6.45, 7) is 1.60. The number of rotatable bonds is 7. The molecule has 0 N–H and O–H groups in total. The van der Waals surface area contributed by atoms with Crippen molar-refractivity contribution in [3.05, 3.63) is 0 Å². The third-order valence-corrected chi connectivity index (χ3v) is 0.910. The SMILES string of the molecule is O=COCCCCOC=O. The molecular formula is C6H10O4. The molecular weight excluding hydrogens is 136 g/mol. The van der Waals surface area contributed by atoms with E-state index in [1.165, 1.54) is 0 Å². The monoisotopic (exact) mass is 146 g/mol. The topological polar surface area (TPSA) is 52.6 Å². The molecule has 0 rings (SSSR count). The Balaban J connectivity index is 2.76. The predicted octanol–water partition coefficient (Wildman–Crippen LogP) is 0.113. The van der Waals surface area contributed by atoms with Gasteiger partial charge in [-0.1, -0.05) is 0 Å². The van der Waals surface area contributed by atoms with E-state index in [4.69, 9.17) is 0 Å². The fourth-order valence-corrected chi connectivity index (χ4v) is 0.467. The summed E-state index contributed by atoms with van der Waals surface area (Å²) in [7, 11) is 0. The van der Waals surface area contributed by atoms with Gasteiger partial charge in [0.2, 0.25) is 0 Å². The third-order valence-electron chi connectivity index (χ3n) is 0.910. The van der Waals surface area contributed by atoms with Gasteiger partial charge in [-0.3, -0.25) is 9.59 Å². The number of hydrogen-bond donors (Lipinski definition) is 0. The van der Waals surface area contributed by atoms with Crippen LogP contribution in [0.4, 0.5) is 0 Å². The van der Waals surface area contributed by atoms with Crippen molar-refractivity contribution in [3.63, 3.8) is 0 Å². The van der Waals surface area contributed by atoms with E-state index in [2.05, 4.69) is 9.47 Å². The molecule has 0 aliphatic carbocycles. The molecule has 0 heterocycles. The highest BCUT2D eigenvalue weighted by Gasteiger charge is 1.87. The largest absolute Gasteiger partial charge is 0.468 e. The number of carbonyl (C=O) groups is 2. The Morgan fingerprint density at radius 2 is 1.30 bits per heavy atom. The summed E-state index contributed by atoms with van der Waals surface area (Å²) in [6, 6.07) is 0. The second kappa shape index (κ2) is 7.94. The molecule has 0 aliphatic heterocycles. The van der Waals surface area contributed by atoms with Crippen LogP contribution in [0.2, 0.25) is 0 Å². The second-order valence-electron chi connectivity index (χ2n) is 1.64. The van der Waals surface area contributed by atoms with Gasteiger partial charge in [0, 0.05) is 0 Å². The second-order valence-corrected chi connectivity index (χ2v) is 1.64. The van der Waals surface area contributed by atoms with Gasteiger partial charge in [-0.15, -0.1) is 0 Å². The Morgan fingerprint density at radius 3 is 1.60 bits per heavy atom. The quantitative estimate of drug-likeness (QED) is 0.378. The van der Waals surface area contributed by atoms with Crippen molar-refractivity contribution < 1.29 is 19.1 Å². The lowest BCUT2D eigenvalue weighted by Gasteiger charge is -1.97. The average molecular weight is 146 g/mol. The normalized spacial score (nSPS) is 8.40. The lowest BCUT2D eigenvalue weighted by molar-refractivity contribution is -0.131. The van der Waals surface area contributed by atoms with Crippen molar-refractivity contribution in [2.24, 2.45) is 0 Å². The zero-order valence-electron chi connectivity index (χ0n) is 5.62. The zero-order chi connectivity index (χ0) is 7.66. The van der Waals surface area contributed by atoms with Crippen LogP contribution in [0.25, 0.3) is 0 Å². The first-order valence-corrected chi connectivity index (χ1v) is 3.02. The molecule has 4 nitrogen and oxygen atoms in total. The first-order valence-electron chi connectivity index (χ1n) is 3.02. The van der Waals surface area contributed by atoms with Gasteiger partial charge in [-0.25, -0.2) is 0 Å². The van der Waals surface area contributed by atoms with Crippen molar-refractivity contribution in [1.82, 2.24) is 0 Å². The summed E-state index contributed by atoms with van der Waals surface area (Å²) in [6.07, 6.45) is 1.46. The Morgan fingerprint density at radius 1 is 0.900 bits per heavy atom. The van der Waals surface area contributed by atoms with Gasteiger partial charge in [-0.05, 0) is 12.8 Å². The first kappa shape index (κ1) is 8.94. The van der Waals surface area contributed by atoms with Crippen LogP contribution in [0.5, 0.6) is 0 Å². The van der Waals surface area contributed by atoms with Crippen LogP contribution in [0.3, 0.4) is 0 Å². The Hall–Kier alpha value is -1.06. The van der Waals surface area contributed by atoms with Crippen molar-refractivity contribution >= 4 is 12.9 Å². The average Bonchev–Trinajstić information content (AvgIpc) is 1.97. The standard InChI is InChI=1S/C6H10O4/c7-5-9-3-1-2-4-10-6-8/h5-6H,1-4H2. The number of carbonyl (C=O) groups excluding carboxylic acids is 2. The van der Waals surface area contributed by atoms with E-state index < -0.39 is 0 Å². The van der Waals surface area contributed by atoms with Crippen LogP contribution in [-0.4, -0.2) is 26.2 Å². The molecule has 10 heavy (non-hydrogen) atoms. The molecule has 0 aromatic rings. The molecule has 0 radical (unpaired) electrons. The van der Waals surface area contributed by atoms with Crippen molar-refractivity contribution in [1.29, 1.82) is 0 Å². The molecule has 0 aromatic heterocycles. The number of hydrogen-bond acceptors (Lipinski definition) is 4. The highest BCUT2D eigenvalue weighted by molar-refractivity contribution is 5.37. The van der Waals surface area contributed by atoms with Crippen LogP contribution >= 0.6 is 0 Å². The van der Waals surface area contributed by atoms with E-state index in [1.54, 1.807) is 0 Å². The van der Waals surface area contributed by atoms with Crippen LogP contribution in [0.15, 0.2) is 0 Å². The van der Waals surface area contributed by atoms with Gasteiger partial charge >= 0.3 is 0 Å². The number of unbranched alkanes of at least 4 members (excludes halogenated alkanes) is 1. The van der Waals surface area contributed by atoms with Gasteiger partial charge < -0.3 is 9.47 Å².